The zero-order valence-electron chi connectivity index (χ0n) is 15.8. The van der Waals surface area contributed by atoms with E-state index in [-0.39, 0.29) is 28.2 Å². The van der Waals surface area contributed by atoms with Crippen molar-refractivity contribution >= 4 is 28.9 Å². The van der Waals surface area contributed by atoms with Crippen LogP contribution in [0.1, 0.15) is 22.0 Å². The fraction of sp³-hybridized carbons (Fsp3) is 0.316. The van der Waals surface area contributed by atoms with Crippen LogP contribution in [0, 0.1) is 10.1 Å². The molecular weight excluding hydrogens is 368 g/mol. The molecular formula is C19H23ClN4O3. The SMILES string of the molecule is CN(C)c1ccc(C(CNC(=O)c2ccc(Cl)c([N+](=O)[O-])c2)N(C)C)cc1. The molecule has 2 rings (SSSR count). The smallest absolute Gasteiger partial charge is 0.288 e. The molecule has 27 heavy (non-hydrogen) atoms. The van der Waals surface area contributed by atoms with Gasteiger partial charge in [-0.2, -0.15) is 0 Å². The summed E-state index contributed by atoms with van der Waals surface area (Å²) in [6.45, 7) is 0.365. The summed E-state index contributed by atoms with van der Waals surface area (Å²) in [6, 6.07) is 12.1. The van der Waals surface area contributed by atoms with Gasteiger partial charge in [0.1, 0.15) is 5.02 Å². The quantitative estimate of drug-likeness (QED) is 0.579. The highest BCUT2D eigenvalue weighted by molar-refractivity contribution is 6.32. The Morgan fingerprint density at radius 3 is 2.30 bits per heavy atom. The van der Waals surface area contributed by atoms with E-state index in [1.807, 2.05) is 62.3 Å². The van der Waals surface area contributed by atoms with Crippen molar-refractivity contribution < 1.29 is 9.72 Å². The first-order chi connectivity index (χ1) is 12.7. The summed E-state index contributed by atoms with van der Waals surface area (Å²) in [6.07, 6.45) is 0. The number of carbonyl (C=O) groups excluding carboxylic acids is 1. The Balaban J connectivity index is 2.13. The van der Waals surface area contributed by atoms with E-state index in [4.69, 9.17) is 11.6 Å². The molecule has 0 aromatic heterocycles. The molecule has 0 aliphatic carbocycles. The van der Waals surface area contributed by atoms with Crippen LogP contribution in [0.5, 0.6) is 0 Å². The van der Waals surface area contributed by atoms with Crippen LogP contribution >= 0.6 is 11.6 Å². The molecule has 8 heteroatoms. The molecule has 0 aliphatic rings. The second kappa shape index (κ2) is 8.83. The molecule has 0 spiro atoms. The Morgan fingerprint density at radius 2 is 1.78 bits per heavy atom. The summed E-state index contributed by atoms with van der Waals surface area (Å²) in [5.41, 5.74) is 2.07. The summed E-state index contributed by atoms with van der Waals surface area (Å²) in [5.74, 6) is -0.383. The third-order valence-corrected chi connectivity index (χ3v) is 4.60. The number of nitrogens with one attached hydrogen (secondary N) is 1. The van der Waals surface area contributed by atoms with Crippen LogP contribution in [-0.2, 0) is 0 Å². The lowest BCUT2D eigenvalue weighted by Gasteiger charge is -2.25. The second-order valence-corrected chi connectivity index (χ2v) is 7.01. The molecule has 7 nitrogen and oxygen atoms in total. The predicted molar refractivity (Wildman–Crippen MR) is 108 cm³/mol. The predicted octanol–water partition coefficient (Wildman–Crippen LogP) is 3.35. The van der Waals surface area contributed by atoms with E-state index in [0.29, 0.717) is 6.54 Å². The zero-order valence-corrected chi connectivity index (χ0v) is 16.5. The van der Waals surface area contributed by atoms with Gasteiger partial charge in [0.15, 0.2) is 0 Å². The summed E-state index contributed by atoms with van der Waals surface area (Å²) in [5, 5.41) is 13.8. The van der Waals surface area contributed by atoms with Crippen LogP contribution in [0.3, 0.4) is 0 Å². The van der Waals surface area contributed by atoms with E-state index in [9.17, 15) is 14.9 Å². The number of halogens is 1. The number of nitro groups is 1. The molecule has 0 saturated carbocycles. The molecule has 144 valence electrons. The van der Waals surface area contributed by atoms with Gasteiger partial charge in [-0.15, -0.1) is 0 Å². The standard InChI is InChI=1S/C19H23ClN4O3/c1-22(2)15-8-5-13(6-9-15)18(23(3)4)12-21-19(25)14-7-10-16(20)17(11-14)24(26)27/h5-11,18H,12H2,1-4H3,(H,21,25). The first kappa shape index (κ1) is 20.7. The third-order valence-electron chi connectivity index (χ3n) is 4.28. The van der Waals surface area contributed by atoms with E-state index >= 15 is 0 Å². The minimum Gasteiger partial charge on any atom is -0.378 e. The molecule has 0 fully saturated rings. The van der Waals surface area contributed by atoms with Crippen LogP contribution in [0.2, 0.25) is 5.02 Å². The lowest BCUT2D eigenvalue weighted by atomic mass is 10.0. The first-order valence-corrected chi connectivity index (χ1v) is 8.74. The Bertz CT molecular complexity index is 822. The second-order valence-electron chi connectivity index (χ2n) is 6.60. The average Bonchev–Trinajstić information content (AvgIpc) is 2.62. The molecule has 1 atom stereocenters. The van der Waals surface area contributed by atoms with Crippen molar-refractivity contribution in [2.75, 3.05) is 39.6 Å². The van der Waals surface area contributed by atoms with Gasteiger partial charge in [-0.25, -0.2) is 0 Å². The molecule has 2 aromatic rings. The van der Waals surface area contributed by atoms with Crippen molar-refractivity contribution in [2.45, 2.75) is 6.04 Å². The topological polar surface area (TPSA) is 78.7 Å². The number of nitrogens with zero attached hydrogens (tertiary/aromatic N) is 3. The number of hydrogen-bond acceptors (Lipinski definition) is 5. The third kappa shape index (κ3) is 5.18. The van der Waals surface area contributed by atoms with Gasteiger partial charge in [0.25, 0.3) is 11.6 Å². The Morgan fingerprint density at radius 1 is 1.15 bits per heavy atom. The van der Waals surface area contributed by atoms with Gasteiger partial charge in [0.2, 0.25) is 0 Å². The van der Waals surface area contributed by atoms with Gasteiger partial charge in [0.05, 0.1) is 11.0 Å². The molecule has 1 unspecified atom stereocenters. The Hall–Kier alpha value is -2.64. The van der Waals surface area contributed by atoms with E-state index in [1.54, 1.807) is 0 Å². The number of carbonyl (C=O) groups is 1. The van der Waals surface area contributed by atoms with E-state index in [2.05, 4.69) is 5.32 Å². The molecule has 2 aromatic carbocycles. The van der Waals surface area contributed by atoms with Gasteiger partial charge in [-0.05, 0) is 43.9 Å². The minimum atomic E-state index is -0.603. The summed E-state index contributed by atoms with van der Waals surface area (Å²) < 4.78 is 0. The van der Waals surface area contributed by atoms with E-state index in [1.165, 1.54) is 18.2 Å². The maximum Gasteiger partial charge on any atom is 0.288 e. The van der Waals surface area contributed by atoms with E-state index < -0.39 is 4.92 Å². The fourth-order valence-corrected chi connectivity index (χ4v) is 2.86. The number of hydrogen-bond donors (Lipinski definition) is 1. The molecule has 1 N–H and O–H groups in total. The molecule has 0 bridgehead atoms. The number of benzene rings is 2. The van der Waals surface area contributed by atoms with Crippen LogP contribution < -0.4 is 10.2 Å². The maximum absolute atomic E-state index is 12.4. The molecule has 0 saturated heterocycles. The lowest BCUT2D eigenvalue weighted by molar-refractivity contribution is -0.384. The maximum atomic E-state index is 12.4. The average molecular weight is 391 g/mol. The lowest BCUT2D eigenvalue weighted by Crippen LogP contribution is -2.34. The van der Waals surface area contributed by atoms with Gasteiger partial charge in [-0.1, -0.05) is 23.7 Å². The van der Waals surface area contributed by atoms with Gasteiger partial charge < -0.3 is 15.1 Å². The fourth-order valence-electron chi connectivity index (χ4n) is 2.68. The highest BCUT2D eigenvalue weighted by atomic mass is 35.5. The van der Waals surface area contributed by atoms with Crippen molar-refractivity contribution in [1.82, 2.24) is 10.2 Å². The molecule has 0 aliphatic heterocycles. The number of anilines is 1. The molecule has 0 heterocycles. The summed E-state index contributed by atoms with van der Waals surface area (Å²) in [7, 11) is 7.82. The van der Waals surface area contributed by atoms with Gasteiger partial charge in [-0.3, -0.25) is 14.9 Å². The largest absolute Gasteiger partial charge is 0.378 e. The van der Waals surface area contributed by atoms with Crippen LogP contribution in [0.15, 0.2) is 42.5 Å². The first-order valence-electron chi connectivity index (χ1n) is 8.36. The monoisotopic (exact) mass is 390 g/mol. The minimum absolute atomic E-state index is 0.00343. The number of nitro benzene ring substituents is 1. The van der Waals surface area contributed by atoms with Crippen LogP contribution in [-0.4, -0.2) is 50.5 Å². The van der Waals surface area contributed by atoms with Crippen molar-refractivity contribution in [1.29, 1.82) is 0 Å². The highest BCUT2D eigenvalue weighted by Crippen LogP contribution is 2.25. The molecule has 1 amide bonds. The zero-order chi connectivity index (χ0) is 20.1. The summed E-state index contributed by atoms with van der Waals surface area (Å²) in [4.78, 5) is 26.8. The molecule has 0 radical (unpaired) electrons. The number of likely N-dealkylation sites (N-methyl/N-ethyl adjacent to an activating group) is 1. The van der Waals surface area contributed by atoms with Crippen molar-refractivity contribution in [2.24, 2.45) is 0 Å². The highest BCUT2D eigenvalue weighted by Gasteiger charge is 2.19. The Labute approximate surface area is 163 Å². The van der Waals surface area contributed by atoms with Crippen LogP contribution in [0.4, 0.5) is 11.4 Å². The van der Waals surface area contributed by atoms with E-state index in [0.717, 1.165) is 11.3 Å². The summed E-state index contributed by atoms with van der Waals surface area (Å²) >= 11 is 5.80. The van der Waals surface area contributed by atoms with Gasteiger partial charge >= 0.3 is 0 Å². The van der Waals surface area contributed by atoms with Crippen molar-refractivity contribution in [3.63, 3.8) is 0 Å². The van der Waals surface area contributed by atoms with Crippen LogP contribution in [0.25, 0.3) is 0 Å². The number of amides is 1. The Kier molecular flexibility index (Phi) is 6.76. The van der Waals surface area contributed by atoms with Gasteiger partial charge in [0, 0.05) is 38.0 Å². The van der Waals surface area contributed by atoms with Crippen molar-refractivity contribution in [3.8, 4) is 0 Å². The normalized spacial score (nSPS) is 11.9. The van der Waals surface area contributed by atoms with Crippen molar-refractivity contribution in [3.05, 3.63) is 68.7 Å². The number of rotatable bonds is 7.